The van der Waals surface area contributed by atoms with E-state index in [-0.39, 0.29) is 17.3 Å². The molecule has 1 atom stereocenters. The first kappa shape index (κ1) is 17.7. The highest BCUT2D eigenvalue weighted by Gasteiger charge is 2.19. The second kappa shape index (κ2) is 8.29. The summed E-state index contributed by atoms with van der Waals surface area (Å²) in [5.41, 5.74) is 0. The van der Waals surface area contributed by atoms with E-state index in [2.05, 4.69) is 10.3 Å². The van der Waals surface area contributed by atoms with Crippen LogP contribution in [-0.4, -0.2) is 23.0 Å². The third kappa shape index (κ3) is 5.49. The molecule has 0 aliphatic heterocycles. The molecule has 2 aromatic rings. The van der Waals surface area contributed by atoms with Crippen LogP contribution in [0, 0.1) is 0 Å². The highest BCUT2D eigenvalue weighted by molar-refractivity contribution is 7.09. The zero-order chi connectivity index (χ0) is 16.8. The number of halogens is 2. The van der Waals surface area contributed by atoms with E-state index in [0.29, 0.717) is 11.4 Å². The topological polar surface area (TPSA) is 68.3 Å². The van der Waals surface area contributed by atoms with Crippen LogP contribution in [0.2, 0.25) is 10.0 Å². The van der Waals surface area contributed by atoms with Crippen LogP contribution in [0.3, 0.4) is 0 Å². The molecule has 23 heavy (non-hydrogen) atoms. The van der Waals surface area contributed by atoms with Crippen molar-refractivity contribution < 1.29 is 14.3 Å². The van der Waals surface area contributed by atoms with Crippen molar-refractivity contribution in [3.05, 3.63) is 44.7 Å². The molecule has 0 spiro atoms. The van der Waals surface area contributed by atoms with Crippen molar-refractivity contribution in [3.8, 4) is 0 Å². The van der Waals surface area contributed by atoms with Crippen molar-refractivity contribution in [2.45, 2.75) is 25.9 Å². The number of carbonyl (C=O) groups excluding carboxylic acids is 2. The molecule has 5 nitrogen and oxygen atoms in total. The summed E-state index contributed by atoms with van der Waals surface area (Å²) in [6, 6.07) is 5.33. The van der Waals surface area contributed by atoms with Gasteiger partial charge in [0.1, 0.15) is 0 Å². The van der Waals surface area contributed by atoms with E-state index in [1.807, 2.05) is 17.5 Å². The lowest BCUT2D eigenvalue weighted by atomic mass is 10.2. The molecule has 0 aliphatic carbocycles. The monoisotopic (exact) mass is 372 g/mol. The molecule has 2 rings (SSSR count). The van der Waals surface area contributed by atoms with Gasteiger partial charge in [0.2, 0.25) is 0 Å². The van der Waals surface area contributed by atoms with Crippen molar-refractivity contribution in [3.63, 3.8) is 0 Å². The summed E-state index contributed by atoms with van der Waals surface area (Å²) in [5, 5.41) is 5.01. The molecule has 0 radical (unpaired) electrons. The number of pyridine rings is 1. The fourth-order valence-electron chi connectivity index (χ4n) is 1.71. The number of nitrogens with one attached hydrogen (secondary N) is 1. The number of ether oxygens (including phenoxy) is 1. The lowest BCUT2D eigenvalue weighted by Crippen LogP contribution is -2.30. The predicted molar refractivity (Wildman–Crippen MR) is 91.1 cm³/mol. The van der Waals surface area contributed by atoms with Gasteiger partial charge in [-0.05, 0) is 30.9 Å². The zero-order valence-corrected chi connectivity index (χ0v) is 14.5. The Morgan fingerprint density at radius 3 is 2.87 bits per heavy atom. The number of aromatic nitrogens is 1. The molecule has 0 aromatic carbocycles. The van der Waals surface area contributed by atoms with Gasteiger partial charge >= 0.3 is 5.97 Å². The average molecular weight is 373 g/mol. The fraction of sp³-hybridized carbons (Fsp3) is 0.267. The van der Waals surface area contributed by atoms with E-state index in [0.717, 1.165) is 4.88 Å². The molecule has 0 bridgehead atoms. The molecular weight excluding hydrogens is 359 g/mol. The predicted octanol–water partition coefficient (Wildman–Crippen LogP) is 3.95. The summed E-state index contributed by atoms with van der Waals surface area (Å²) in [4.78, 5) is 28.8. The Labute approximate surface area is 147 Å². The smallest absolute Gasteiger partial charge is 0.306 e. The third-order valence-electron chi connectivity index (χ3n) is 2.88. The van der Waals surface area contributed by atoms with Gasteiger partial charge in [0.15, 0.2) is 11.9 Å². The molecule has 0 unspecified atom stereocenters. The largest absolute Gasteiger partial charge is 0.453 e. The molecule has 0 saturated heterocycles. The maximum absolute atomic E-state index is 12.0. The van der Waals surface area contributed by atoms with Gasteiger partial charge in [-0.3, -0.25) is 9.59 Å². The second-order valence-electron chi connectivity index (χ2n) is 4.68. The van der Waals surface area contributed by atoms with E-state index < -0.39 is 18.0 Å². The zero-order valence-electron chi connectivity index (χ0n) is 12.2. The molecule has 2 aromatic heterocycles. The molecular formula is C15H14Cl2N2O3S. The SMILES string of the molecule is C[C@@H](OC(=O)CCc1cccs1)C(=O)Nc1ncc(Cl)cc1Cl. The Morgan fingerprint density at radius 1 is 1.43 bits per heavy atom. The van der Waals surface area contributed by atoms with Crippen molar-refractivity contribution in [1.29, 1.82) is 0 Å². The Kier molecular flexibility index (Phi) is 6.38. The first-order valence-electron chi connectivity index (χ1n) is 6.79. The molecule has 0 saturated carbocycles. The summed E-state index contributed by atoms with van der Waals surface area (Å²) >= 11 is 13.2. The first-order chi connectivity index (χ1) is 11.0. The number of esters is 1. The normalized spacial score (nSPS) is 11.8. The highest BCUT2D eigenvalue weighted by Crippen LogP contribution is 2.22. The van der Waals surface area contributed by atoms with Crippen molar-refractivity contribution >= 4 is 52.2 Å². The van der Waals surface area contributed by atoms with Gasteiger partial charge < -0.3 is 10.1 Å². The van der Waals surface area contributed by atoms with Crippen LogP contribution in [0.25, 0.3) is 0 Å². The Morgan fingerprint density at radius 2 is 2.22 bits per heavy atom. The van der Waals surface area contributed by atoms with Gasteiger partial charge in [-0.15, -0.1) is 11.3 Å². The van der Waals surface area contributed by atoms with Crippen LogP contribution in [0.1, 0.15) is 18.2 Å². The number of amides is 1. The van der Waals surface area contributed by atoms with Crippen LogP contribution < -0.4 is 5.32 Å². The highest BCUT2D eigenvalue weighted by atomic mass is 35.5. The van der Waals surface area contributed by atoms with Crippen LogP contribution in [0.4, 0.5) is 5.82 Å². The minimum absolute atomic E-state index is 0.169. The van der Waals surface area contributed by atoms with Crippen molar-refractivity contribution in [2.24, 2.45) is 0 Å². The van der Waals surface area contributed by atoms with Gasteiger partial charge in [0, 0.05) is 11.1 Å². The molecule has 0 fully saturated rings. The van der Waals surface area contributed by atoms with Crippen molar-refractivity contribution in [2.75, 3.05) is 5.32 Å². The number of anilines is 1. The summed E-state index contributed by atoms with van der Waals surface area (Å²) in [5.74, 6) is -0.773. The lowest BCUT2D eigenvalue weighted by molar-refractivity contribution is -0.153. The van der Waals surface area contributed by atoms with Gasteiger partial charge in [0.05, 0.1) is 16.5 Å². The molecule has 2 heterocycles. The molecule has 8 heteroatoms. The summed E-state index contributed by atoms with van der Waals surface area (Å²) in [6.45, 7) is 1.49. The van der Waals surface area contributed by atoms with Crippen molar-refractivity contribution in [1.82, 2.24) is 4.98 Å². The number of thiophene rings is 1. The second-order valence-corrected chi connectivity index (χ2v) is 6.56. The molecule has 122 valence electrons. The van der Waals surface area contributed by atoms with E-state index in [1.54, 1.807) is 11.3 Å². The lowest BCUT2D eigenvalue weighted by Gasteiger charge is -2.13. The van der Waals surface area contributed by atoms with Gasteiger partial charge in [-0.2, -0.15) is 0 Å². The number of carbonyl (C=O) groups is 2. The minimum atomic E-state index is -0.945. The molecule has 1 amide bonds. The number of nitrogens with zero attached hydrogens (tertiary/aromatic N) is 1. The number of aryl methyl sites for hydroxylation is 1. The fourth-order valence-corrected chi connectivity index (χ4v) is 2.85. The number of hydrogen-bond donors (Lipinski definition) is 1. The van der Waals surface area contributed by atoms with E-state index in [4.69, 9.17) is 27.9 Å². The quantitative estimate of drug-likeness (QED) is 0.779. The number of rotatable bonds is 6. The summed E-state index contributed by atoms with van der Waals surface area (Å²) < 4.78 is 5.10. The van der Waals surface area contributed by atoms with E-state index in [9.17, 15) is 9.59 Å². The molecule has 1 N–H and O–H groups in total. The van der Waals surface area contributed by atoms with Gasteiger partial charge in [-0.25, -0.2) is 4.98 Å². The first-order valence-corrected chi connectivity index (χ1v) is 8.43. The summed E-state index contributed by atoms with van der Waals surface area (Å²) in [6.07, 6.45) is 1.23. The number of hydrogen-bond acceptors (Lipinski definition) is 5. The van der Waals surface area contributed by atoms with Crippen LogP contribution in [0.5, 0.6) is 0 Å². The third-order valence-corrected chi connectivity index (χ3v) is 4.31. The summed E-state index contributed by atoms with van der Waals surface area (Å²) in [7, 11) is 0. The minimum Gasteiger partial charge on any atom is -0.453 e. The van der Waals surface area contributed by atoms with E-state index in [1.165, 1.54) is 19.2 Å². The van der Waals surface area contributed by atoms with Gasteiger partial charge in [0.25, 0.3) is 5.91 Å². The standard InChI is InChI=1S/C15H14Cl2N2O3S/c1-9(22-13(20)5-4-11-3-2-6-23-11)15(21)19-14-12(17)7-10(16)8-18-14/h2-3,6-9H,4-5H2,1H3,(H,18,19,21)/t9-/m1/s1. The Hall–Kier alpha value is -1.63. The Bertz CT molecular complexity index is 692. The maximum Gasteiger partial charge on any atom is 0.306 e. The maximum atomic E-state index is 12.0. The average Bonchev–Trinajstić information content (AvgIpc) is 3.01. The molecule has 0 aliphatic rings. The van der Waals surface area contributed by atoms with Crippen LogP contribution >= 0.6 is 34.5 Å². The Balaban J connectivity index is 1.83. The van der Waals surface area contributed by atoms with E-state index >= 15 is 0 Å². The van der Waals surface area contributed by atoms with Crippen LogP contribution in [-0.2, 0) is 20.7 Å². The van der Waals surface area contributed by atoms with Gasteiger partial charge in [-0.1, -0.05) is 29.3 Å². The van der Waals surface area contributed by atoms with Crippen LogP contribution in [0.15, 0.2) is 29.8 Å².